The molecule has 1 N–H and O–H groups in total. The maximum absolute atomic E-state index is 4.28. The Hall–Kier alpha value is -3.78. The molecule has 4 aromatic carbocycles. The van der Waals surface area contributed by atoms with Gasteiger partial charge in [-0.1, -0.05) is 104 Å². The number of hydrogen-bond donors (Lipinski definition) is 1. The van der Waals surface area contributed by atoms with Gasteiger partial charge in [0.1, 0.15) is 0 Å². The van der Waals surface area contributed by atoms with E-state index in [9.17, 15) is 0 Å². The lowest BCUT2D eigenvalue weighted by molar-refractivity contribution is 1.16. The summed E-state index contributed by atoms with van der Waals surface area (Å²) in [6.07, 6.45) is 7.45. The molecule has 0 fully saturated rings. The minimum atomic E-state index is 0. The Morgan fingerprint density at radius 3 is 1.79 bits per heavy atom. The average molecular weight is 743 g/mol. The van der Waals surface area contributed by atoms with Gasteiger partial charge in [0, 0.05) is 58.6 Å². The van der Waals surface area contributed by atoms with Crippen LogP contribution >= 0.6 is 47.8 Å². The molecule has 0 aliphatic rings. The molecule has 4 nitrogen and oxygen atoms in total. The fourth-order valence-corrected chi connectivity index (χ4v) is 6.37. The molecule has 8 aromatic rings. The molecule has 0 saturated heterocycles. The molecule has 0 spiro atoms. The van der Waals surface area contributed by atoms with Crippen molar-refractivity contribution >= 4 is 91.4 Å². The SMILES string of the molecule is Brc1cccc(-n2c3ccccc3c3ccncc32)c1.Brc1cccc(Br)c1.C.c1ccc2c(c1)[nH]c1cnccc12. The van der Waals surface area contributed by atoms with Crippen molar-refractivity contribution < 1.29 is 0 Å². The molecule has 0 bridgehead atoms. The molecule has 0 aliphatic heterocycles. The van der Waals surface area contributed by atoms with Gasteiger partial charge in [0.2, 0.25) is 0 Å². The summed E-state index contributed by atoms with van der Waals surface area (Å²) >= 11 is 10.2. The molecule has 42 heavy (non-hydrogen) atoms. The van der Waals surface area contributed by atoms with Gasteiger partial charge in [0.05, 0.1) is 28.9 Å². The summed E-state index contributed by atoms with van der Waals surface area (Å²) in [5, 5.41) is 4.99. The van der Waals surface area contributed by atoms with Crippen molar-refractivity contribution in [1.29, 1.82) is 0 Å². The number of rotatable bonds is 1. The topological polar surface area (TPSA) is 46.5 Å². The summed E-state index contributed by atoms with van der Waals surface area (Å²) in [7, 11) is 0. The van der Waals surface area contributed by atoms with Gasteiger partial charge in [0.25, 0.3) is 0 Å². The normalized spacial score (nSPS) is 10.5. The molecule has 0 radical (unpaired) electrons. The van der Waals surface area contributed by atoms with Crippen LogP contribution in [0.4, 0.5) is 0 Å². The smallest absolute Gasteiger partial charge is 0.0724 e. The molecule has 4 aromatic heterocycles. The lowest BCUT2D eigenvalue weighted by Crippen LogP contribution is -1.93. The van der Waals surface area contributed by atoms with Crippen molar-refractivity contribution in [2.75, 3.05) is 0 Å². The zero-order valence-electron chi connectivity index (χ0n) is 21.7. The number of benzene rings is 4. The lowest BCUT2D eigenvalue weighted by atomic mass is 10.2. The van der Waals surface area contributed by atoms with Crippen LogP contribution in [0.3, 0.4) is 0 Å². The number of pyridine rings is 2. The first-order chi connectivity index (χ1) is 20.1. The predicted molar refractivity (Wildman–Crippen MR) is 188 cm³/mol. The summed E-state index contributed by atoms with van der Waals surface area (Å²) in [6, 6.07) is 37.1. The second-order valence-electron chi connectivity index (χ2n) is 9.26. The number of H-pyrrole nitrogens is 1. The Morgan fingerprint density at radius 2 is 1.07 bits per heavy atom. The fourth-order valence-electron chi connectivity index (χ4n) is 4.87. The third kappa shape index (κ3) is 6.33. The highest BCUT2D eigenvalue weighted by Gasteiger charge is 2.11. The predicted octanol–water partition coefficient (Wildman–Crippen LogP) is 11.5. The number of nitrogens with zero attached hydrogens (tertiary/aromatic N) is 3. The minimum absolute atomic E-state index is 0. The second-order valence-corrected chi connectivity index (χ2v) is 12.0. The van der Waals surface area contributed by atoms with E-state index in [1.54, 1.807) is 0 Å². The Morgan fingerprint density at radius 1 is 0.500 bits per heavy atom. The van der Waals surface area contributed by atoms with Crippen LogP contribution in [0, 0.1) is 0 Å². The molecule has 208 valence electrons. The molecule has 7 heteroatoms. The van der Waals surface area contributed by atoms with Gasteiger partial charge in [-0.2, -0.15) is 0 Å². The molecule has 8 rings (SSSR count). The highest BCUT2D eigenvalue weighted by Crippen LogP contribution is 2.31. The summed E-state index contributed by atoms with van der Waals surface area (Å²) in [4.78, 5) is 11.7. The number of aromatic amines is 1. The number of nitrogens with one attached hydrogen (secondary N) is 1. The van der Waals surface area contributed by atoms with Crippen molar-refractivity contribution in [2.24, 2.45) is 0 Å². The molecule has 4 heterocycles. The van der Waals surface area contributed by atoms with Gasteiger partial charge >= 0.3 is 0 Å². The maximum atomic E-state index is 4.28. The maximum Gasteiger partial charge on any atom is 0.0724 e. The largest absolute Gasteiger partial charge is 0.353 e. The van der Waals surface area contributed by atoms with E-state index in [0.717, 1.165) is 30.1 Å². The van der Waals surface area contributed by atoms with Crippen molar-refractivity contribution in [2.45, 2.75) is 7.43 Å². The van der Waals surface area contributed by atoms with E-state index in [-0.39, 0.29) is 7.43 Å². The van der Waals surface area contributed by atoms with Gasteiger partial charge in [0.15, 0.2) is 0 Å². The van der Waals surface area contributed by atoms with Crippen LogP contribution in [-0.4, -0.2) is 19.5 Å². The van der Waals surface area contributed by atoms with Gasteiger partial charge < -0.3 is 9.55 Å². The van der Waals surface area contributed by atoms with Gasteiger partial charge in [-0.05, 0) is 60.7 Å². The minimum Gasteiger partial charge on any atom is -0.353 e. The first kappa shape index (κ1) is 29.7. The van der Waals surface area contributed by atoms with Gasteiger partial charge in [-0.25, -0.2) is 0 Å². The van der Waals surface area contributed by atoms with E-state index in [1.807, 2.05) is 67.3 Å². The lowest BCUT2D eigenvalue weighted by Gasteiger charge is -2.07. The number of aromatic nitrogens is 4. The molecule has 0 atom stereocenters. The first-order valence-corrected chi connectivity index (χ1v) is 15.3. The molecular weight excluding hydrogens is 716 g/mol. The van der Waals surface area contributed by atoms with Crippen molar-refractivity contribution in [1.82, 2.24) is 19.5 Å². The van der Waals surface area contributed by atoms with E-state index in [0.29, 0.717) is 0 Å². The molecule has 0 amide bonds. The van der Waals surface area contributed by atoms with E-state index >= 15 is 0 Å². The summed E-state index contributed by atoms with van der Waals surface area (Å²) in [5.41, 5.74) is 5.74. The molecule has 0 unspecified atom stereocenters. The van der Waals surface area contributed by atoms with Crippen LogP contribution in [0.15, 0.2) is 147 Å². The summed E-state index contributed by atoms with van der Waals surface area (Å²) in [6.45, 7) is 0. The third-order valence-electron chi connectivity index (χ3n) is 6.64. The third-order valence-corrected chi connectivity index (χ3v) is 8.12. The Labute approximate surface area is 269 Å². The van der Waals surface area contributed by atoms with Gasteiger partial charge in [-0.3, -0.25) is 9.97 Å². The highest BCUT2D eigenvalue weighted by atomic mass is 79.9. The highest BCUT2D eigenvalue weighted by molar-refractivity contribution is 9.11. The fraction of sp³-hybridized carbons (Fsp3) is 0.0286. The van der Waals surface area contributed by atoms with Crippen LogP contribution in [0.25, 0.3) is 49.3 Å². The van der Waals surface area contributed by atoms with E-state index in [4.69, 9.17) is 0 Å². The van der Waals surface area contributed by atoms with E-state index in [2.05, 4.69) is 134 Å². The quantitative estimate of drug-likeness (QED) is 0.182. The Kier molecular flexibility index (Phi) is 9.52. The van der Waals surface area contributed by atoms with Crippen molar-refractivity contribution in [3.8, 4) is 5.69 Å². The number of para-hydroxylation sites is 2. The number of halogens is 3. The summed E-state index contributed by atoms with van der Waals surface area (Å²) < 4.78 is 5.53. The number of hydrogen-bond acceptors (Lipinski definition) is 2. The average Bonchev–Trinajstić information content (AvgIpc) is 3.54. The van der Waals surface area contributed by atoms with Gasteiger partial charge in [-0.15, -0.1) is 0 Å². The van der Waals surface area contributed by atoms with E-state index in [1.165, 1.54) is 32.6 Å². The standard InChI is InChI=1S/C17H11BrN2.C11H8N2.C6H4Br2.CH4/c18-12-4-3-5-13(10-12)20-16-7-2-1-6-14(16)15-8-9-19-11-17(15)20;1-2-4-10-8(3-1)9-5-6-12-7-11(9)13-10;7-5-2-1-3-6(8)4-5;/h1-11H;1-7,13H;1-4H;1H4. The monoisotopic (exact) mass is 740 g/mol. The Bertz CT molecular complexity index is 1990. The first-order valence-electron chi connectivity index (χ1n) is 12.9. The zero-order valence-corrected chi connectivity index (χ0v) is 26.4. The van der Waals surface area contributed by atoms with Crippen molar-refractivity contribution in [3.05, 3.63) is 147 Å². The van der Waals surface area contributed by atoms with E-state index < -0.39 is 0 Å². The Balaban J connectivity index is 0.000000138. The zero-order chi connectivity index (χ0) is 28.2. The van der Waals surface area contributed by atoms with Crippen molar-refractivity contribution in [3.63, 3.8) is 0 Å². The van der Waals surface area contributed by atoms with Crippen LogP contribution in [0.2, 0.25) is 0 Å². The number of fused-ring (bicyclic) bond motifs is 6. The molecule has 0 aliphatic carbocycles. The summed E-state index contributed by atoms with van der Waals surface area (Å²) in [5.74, 6) is 0. The van der Waals surface area contributed by atoms with Crippen LogP contribution in [-0.2, 0) is 0 Å². The van der Waals surface area contributed by atoms with Crippen LogP contribution < -0.4 is 0 Å². The second kappa shape index (κ2) is 13.5. The molecular formula is C35H27Br3N4. The van der Waals surface area contributed by atoms with Crippen LogP contribution in [0.1, 0.15) is 7.43 Å². The van der Waals surface area contributed by atoms with Crippen LogP contribution in [0.5, 0.6) is 0 Å². The molecule has 0 saturated carbocycles.